The van der Waals surface area contributed by atoms with Crippen LogP contribution in [0, 0.1) is 5.82 Å². The molecule has 1 heterocycles. The molecule has 3 rings (SSSR count). The first-order valence-electron chi connectivity index (χ1n) is 10.2. The number of aromatic nitrogens is 1. The average molecular weight is 439 g/mol. The van der Waals surface area contributed by atoms with E-state index < -0.39 is 0 Å². The standard InChI is InChI=1S/C24H27FN4O3/c1-17(31-22-7-5-4-6-21(22)30-3)15-28-24(26-2)29-16-18-12-13-27-23(14-18)32-20-10-8-19(25)9-11-20/h4-14,17H,15-16H2,1-3H3,(H2,26,28,29). The molecule has 168 valence electrons. The summed E-state index contributed by atoms with van der Waals surface area (Å²) in [5.74, 6) is 2.65. The smallest absolute Gasteiger partial charge is 0.219 e. The molecule has 1 unspecified atom stereocenters. The van der Waals surface area contributed by atoms with Gasteiger partial charge >= 0.3 is 0 Å². The van der Waals surface area contributed by atoms with Gasteiger partial charge in [0.25, 0.3) is 0 Å². The van der Waals surface area contributed by atoms with Crippen LogP contribution in [0.3, 0.4) is 0 Å². The summed E-state index contributed by atoms with van der Waals surface area (Å²) < 4.78 is 30.0. The maximum Gasteiger partial charge on any atom is 0.219 e. The Bertz CT molecular complexity index is 1030. The molecule has 1 aromatic heterocycles. The Kier molecular flexibility index (Phi) is 8.25. The zero-order chi connectivity index (χ0) is 22.8. The minimum absolute atomic E-state index is 0.110. The summed E-state index contributed by atoms with van der Waals surface area (Å²) in [5.41, 5.74) is 0.957. The molecular weight excluding hydrogens is 411 g/mol. The quantitative estimate of drug-likeness (QED) is 0.386. The SMILES string of the molecule is CN=C(NCc1ccnc(Oc2ccc(F)cc2)c1)NCC(C)Oc1ccccc1OC. The van der Waals surface area contributed by atoms with Crippen molar-refractivity contribution in [2.24, 2.45) is 4.99 Å². The van der Waals surface area contributed by atoms with Crippen LogP contribution >= 0.6 is 0 Å². The highest BCUT2D eigenvalue weighted by molar-refractivity contribution is 5.79. The first kappa shape index (κ1) is 22.9. The van der Waals surface area contributed by atoms with Crippen LogP contribution in [-0.2, 0) is 6.54 Å². The number of para-hydroxylation sites is 2. The number of methoxy groups -OCH3 is 1. The van der Waals surface area contributed by atoms with Gasteiger partial charge in [0.2, 0.25) is 5.88 Å². The fraction of sp³-hybridized carbons (Fsp3) is 0.250. The average Bonchev–Trinajstić information content (AvgIpc) is 2.81. The summed E-state index contributed by atoms with van der Waals surface area (Å²) in [6.07, 6.45) is 1.55. The van der Waals surface area contributed by atoms with E-state index in [0.717, 1.165) is 5.56 Å². The zero-order valence-electron chi connectivity index (χ0n) is 18.3. The number of aliphatic imine (C=N–C) groups is 1. The topological polar surface area (TPSA) is 77.0 Å². The predicted molar refractivity (Wildman–Crippen MR) is 122 cm³/mol. The lowest BCUT2D eigenvalue weighted by atomic mass is 10.2. The molecule has 0 saturated carbocycles. The fourth-order valence-electron chi connectivity index (χ4n) is 2.86. The van der Waals surface area contributed by atoms with Crippen molar-refractivity contribution in [2.75, 3.05) is 20.7 Å². The Morgan fingerprint density at radius 1 is 1.06 bits per heavy atom. The third kappa shape index (κ3) is 6.87. The van der Waals surface area contributed by atoms with E-state index in [9.17, 15) is 4.39 Å². The van der Waals surface area contributed by atoms with E-state index >= 15 is 0 Å². The summed E-state index contributed by atoms with van der Waals surface area (Å²) in [6, 6.07) is 17.0. The van der Waals surface area contributed by atoms with Crippen molar-refractivity contribution in [3.8, 4) is 23.1 Å². The van der Waals surface area contributed by atoms with Gasteiger partial charge in [-0.1, -0.05) is 12.1 Å². The molecule has 0 saturated heterocycles. The molecule has 0 aliphatic rings. The molecule has 0 aliphatic heterocycles. The third-order valence-electron chi connectivity index (χ3n) is 4.47. The highest BCUT2D eigenvalue weighted by atomic mass is 19.1. The molecule has 2 N–H and O–H groups in total. The van der Waals surface area contributed by atoms with Crippen LogP contribution in [0.5, 0.6) is 23.1 Å². The predicted octanol–water partition coefficient (Wildman–Crippen LogP) is 4.15. The summed E-state index contributed by atoms with van der Waals surface area (Å²) in [6.45, 7) is 3.03. The molecule has 7 nitrogen and oxygen atoms in total. The van der Waals surface area contributed by atoms with Gasteiger partial charge in [0.1, 0.15) is 17.7 Å². The molecule has 0 radical (unpaired) electrons. The lowest BCUT2D eigenvalue weighted by Gasteiger charge is -2.19. The molecule has 32 heavy (non-hydrogen) atoms. The Labute approximate surface area is 187 Å². The van der Waals surface area contributed by atoms with E-state index in [1.165, 1.54) is 12.1 Å². The number of nitrogens with zero attached hydrogens (tertiary/aromatic N) is 2. The lowest BCUT2D eigenvalue weighted by molar-refractivity contribution is 0.213. The van der Waals surface area contributed by atoms with E-state index in [4.69, 9.17) is 14.2 Å². The second-order valence-corrected chi connectivity index (χ2v) is 6.94. The summed E-state index contributed by atoms with van der Waals surface area (Å²) in [7, 11) is 3.32. The second-order valence-electron chi connectivity index (χ2n) is 6.94. The van der Waals surface area contributed by atoms with Gasteiger partial charge in [-0.25, -0.2) is 9.37 Å². The van der Waals surface area contributed by atoms with E-state index in [-0.39, 0.29) is 11.9 Å². The zero-order valence-corrected chi connectivity index (χ0v) is 18.3. The fourth-order valence-corrected chi connectivity index (χ4v) is 2.86. The highest BCUT2D eigenvalue weighted by Gasteiger charge is 2.09. The molecule has 0 bridgehead atoms. The molecule has 0 fully saturated rings. The van der Waals surface area contributed by atoms with Crippen molar-refractivity contribution in [3.05, 3.63) is 78.2 Å². The monoisotopic (exact) mass is 438 g/mol. The Morgan fingerprint density at radius 2 is 1.81 bits per heavy atom. The maximum absolute atomic E-state index is 13.0. The number of hydrogen-bond donors (Lipinski definition) is 2. The van der Waals surface area contributed by atoms with Crippen LogP contribution in [0.1, 0.15) is 12.5 Å². The van der Waals surface area contributed by atoms with Gasteiger partial charge in [0.15, 0.2) is 17.5 Å². The van der Waals surface area contributed by atoms with E-state index in [1.54, 1.807) is 32.5 Å². The highest BCUT2D eigenvalue weighted by Crippen LogP contribution is 2.26. The van der Waals surface area contributed by atoms with Crippen LogP contribution in [-0.4, -0.2) is 37.7 Å². The Hall–Kier alpha value is -3.81. The second kappa shape index (κ2) is 11.5. The van der Waals surface area contributed by atoms with Crippen molar-refractivity contribution < 1.29 is 18.6 Å². The van der Waals surface area contributed by atoms with Gasteiger partial charge < -0.3 is 24.8 Å². The van der Waals surface area contributed by atoms with Gasteiger partial charge in [-0.3, -0.25) is 4.99 Å². The largest absolute Gasteiger partial charge is 0.493 e. The number of benzene rings is 2. The maximum atomic E-state index is 13.0. The van der Waals surface area contributed by atoms with Crippen molar-refractivity contribution in [1.29, 1.82) is 0 Å². The molecule has 8 heteroatoms. The molecule has 0 spiro atoms. The first-order valence-corrected chi connectivity index (χ1v) is 10.2. The number of nitrogens with one attached hydrogen (secondary N) is 2. The number of pyridine rings is 1. The first-order chi connectivity index (χ1) is 15.6. The van der Waals surface area contributed by atoms with Crippen LogP contribution in [0.2, 0.25) is 0 Å². The van der Waals surface area contributed by atoms with Crippen LogP contribution in [0.15, 0.2) is 71.9 Å². The van der Waals surface area contributed by atoms with Crippen molar-refractivity contribution in [2.45, 2.75) is 19.6 Å². The summed E-state index contributed by atoms with van der Waals surface area (Å²) >= 11 is 0. The Morgan fingerprint density at radius 3 is 2.53 bits per heavy atom. The minimum atomic E-state index is -0.315. The number of hydrogen-bond acceptors (Lipinski definition) is 5. The number of guanidine groups is 1. The summed E-state index contributed by atoms with van der Waals surface area (Å²) in [4.78, 5) is 8.45. The van der Waals surface area contributed by atoms with Gasteiger partial charge in [0.05, 0.1) is 13.7 Å². The van der Waals surface area contributed by atoms with Crippen LogP contribution in [0.4, 0.5) is 4.39 Å². The molecular formula is C24H27FN4O3. The molecule has 2 aromatic carbocycles. The number of rotatable bonds is 9. The minimum Gasteiger partial charge on any atom is -0.493 e. The van der Waals surface area contributed by atoms with Gasteiger partial charge in [0, 0.05) is 25.9 Å². The third-order valence-corrected chi connectivity index (χ3v) is 4.47. The molecule has 0 amide bonds. The van der Waals surface area contributed by atoms with E-state index in [2.05, 4.69) is 20.6 Å². The van der Waals surface area contributed by atoms with Crippen molar-refractivity contribution in [1.82, 2.24) is 15.6 Å². The van der Waals surface area contributed by atoms with Crippen molar-refractivity contribution >= 4 is 5.96 Å². The molecule has 3 aromatic rings. The summed E-state index contributed by atoms with van der Waals surface area (Å²) in [5, 5.41) is 6.50. The molecule has 1 atom stereocenters. The van der Waals surface area contributed by atoms with Crippen LogP contribution < -0.4 is 24.8 Å². The van der Waals surface area contributed by atoms with Gasteiger partial charge in [-0.05, 0) is 55.0 Å². The van der Waals surface area contributed by atoms with Gasteiger partial charge in [-0.2, -0.15) is 0 Å². The number of halogens is 1. The lowest BCUT2D eigenvalue weighted by Crippen LogP contribution is -2.41. The normalized spacial score (nSPS) is 12.1. The van der Waals surface area contributed by atoms with Crippen molar-refractivity contribution in [3.63, 3.8) is 0 Å². The molecule has 0 aliphatic carbocycles. The van der Waals surface area contributed by atoms with E-state index in [1.807, 2.05) is 43.3 Å². The van der Waals surface area contributed by atoms with Gasteiger partial charge in [-0.15, -0.1) is 0 Å². The van der Waals surface area contributed by atoms with E-state index in [0.29, 0.717) is 42.2 Å². The Balaban J connectivity index is 1.49. The van der Waals surface area contributed by atoms with Crippen LogP contribution in [0.25, 0.3) is 0 Å². The number of ether oxygens (including phenoxy) is 3.